The summed E-state index contributed by atoms with van der Waals surface area (Å²) in [6, 6.07) is 13.4. The Kier molecular flexibility index (Phi) is 5.07. The third kappa shape index (κ3) is 3.55. The normalized spacial score (nSPS) is 17.1. The lowest BCUT2D eigenvalue weighted by molar-refractivity contribution is 0.166. The van der Waals surface area contributed by atoms with E-state index in [1.54, 1.807) is 4.90 Å². The lowest BCUT2D eigenvalue weighted by Crippen LogP contribution is -2.40. The Morgan fingerprint density at radius 2 is 2.08 bits per heavy atom. The highest BCUT2D eigenvalue weighted by atomic mass is 35.5. The molecule has 0 radical (unpaired) electrons. The maximum absolute atomic E-state index is 12.4. The average molecular weight is 345 g/mol. The van der Waals surface area contributed by atoms with Gasteiger partial charge in [-0.1, -0.05) is 29.8 Å². The van der Waals surface area contributed by atoms with Crippen molar-refractivity contribution in [2.45, 2.75) is 25.8 Å². The van der Waals surface area contributed by atoms with Crippen molar-refractivity contribution in [3.63, 3.8) is 0 Å². The fourth-order valence-electron chi connectivity index (χ4n) is 3.13. The fraction of sp³-hybridized carbons (Fsp3) is 0.316. The van der Waals surface area contributed by atoms with Crippen LogP contribution in [0.5, 0.6) is 0 Å². The number of carbonyl (C=O) groups is 1. The first-order valence-electron chi connectivity index (χ1n) is 8.13. The number of aliphatic hydroxyl groups excluding tert-OH is 1. The van der Waals surface area contributed by atoms with Gasteiger partial charge in [-0.25, -0.2) is 4.79 Å². The molecular weight excluding hydrogens is 324 g/mol. The first-order chi connectivity index (χ1) is 11.6. The molecular formula is C19H21ClN2O2. The van der Waals surface area contributed by atoms with E-state index in [0.29, 0.717) is 11.6 Å². The van der Waals surface area contributed by atoms with Crippen LogP contribution in [0.2, 0.25) is 5.02 Å². The number of carbonyl (C=O) groups excluding carboxylic acids is 1. The van der Waals surface area contributed by atoms with Gasteiger partial charge in [-0.3, -0.25) is 0 Å². The second kappa shape index (κ2) is 7.24. The molecule has 126 valence electrons. The molecule has 2 aromatic carbocycles. The average Bonchev–Trinajstić information content (AvgIpc) is 3.05. The topological polar surface area (TPSA) is 52.6 Å². The van der Waals surface area contributed by atoms with Crippen molar-refractivity contribution in [3.8, 4) is 11.1 Å². The number of benzene rings is 2. The van der Waals surface area contributed by atoms with Crippen LogP contribution in [0.15, 0.2) is 42.5 Å². The number of urea groups is 1. The highest BCUT2D eigenvalue weighted by Gasteiger charge is 2.28. The molecule has 2 amide bonds. The fourth-order valence-corrected chi connectivity index (χ4v) is 3.32. The van der Waals surface area contributed by atoms with E-state index in [1.807, 2.05) is 49.4 Å². The molecule has 1 atom stereocenters. The Morgan fingerprint density at radius 1 is 1.29 bits per heavy atom. The summed E-state index contributed by atoms with van der Waals surface area (Å²) in [7, 11) is 0. The molecule has 4 nitrogen and oxygen atoms in total. The number of amides is 2. The summed E-state index contributed by atoms with van der Waals surface area (Å²) in [5, 5.41) is 13.0. The molecule has 5 heteroatoms. The van der Waals surface area contributed by atoms with Gasteiger partial charge in [0.05, 0.1) is 12.6 Å². The zero-order valence-electron chi connectivity index (χ0n) is 13.6. The van der Waals surface area contributed by atoms with E-state index in [4.69, 9.17) is 11.6 Å². The summed E-state index contributed by atoms with van der Waals surface area (Å²) in [6.45, 7) is 2.67. The summed E-state index contributed by atoms with van der Waals surface area (Å²) >= 11 is 6.05. The second-order valence-electron chi connectivity index (χ2n) is 6.14. The number of nitrogens with one attached hydrogen (secondary N) is 1. The molecule has 1 aliphatic heterocycles. The predicted molar refractivity (Wildman–Crippen MR) is 97.5 cm³/mol. The molecule has 0 bridgehead atoms. The quantitative estimate of drug-likeness (QED) is 0.872. The number of likely N-dealkylation sites (tertiary alicyclic amines) is 1. The third-order valence-corrected chi connectivity index (χ3v) is 4.71. The minimum Gasteiger partial charge on any atom is -0.394 e. The van der Waals surface area contributed by atoms with E-state index in [-0.39, 0.29) is 18.7 Å². The SMILES string of the molecule is Cc1cc(-c2cccc(Cl)c2)ccc1NC(=O)N1CCC[C@H]1CO. The van der Waals surface area contributed by atoms with Gasteiger partial charge in [0.15, 0.2) is 0 Å². The summed E-state index contributed by atoms with van der Waals surface area (Å²) in [5.41, 5.74) is 3.88. The molecule has 2 aromatic rings. The third-order valence-electron chi connectivity index (χ3n) is 4.47. The summed E-state index contributed by atoms with van der Waals surface area (Å²) in [6.07, 6.45) is 1.79. The van der Waals surface area contributed by atoms with Gasteiger partial charge in [-0.15, -0.1) is 0 Å². The van der Waals surface area contributed by atoms with Crippen molar-refractivity contribution >= 4 is 23.3 Å². The first-order valence-corrected chi connectivity index (χ1v) is 8.51. The highest BCUT2D eigenvalue weighted by molar-refractivity contribution is 6.30. The Balaban J connectivity index is 1.77. The van der Waals surface area contributed by atoms with Gasteiger partial charge in [-0.05, 0) is 60.7 Å². The van der Waals surface area contributed by atoms with Crippen LogP contribution in [-0.4, -0.2) is 35.2 Å². The standard InChI is InChI=1S/C19H21ClN2O2/c1-13-10-15(14-4-2-5-16(20)11-14)7-8-18(13)21-19(24)22-9-3-6-17(22)12-23/h2,4-5,7-8,10-11,17,23H,3,6,9,12H2,1H3,(H,21,24)/t17-/m0/s1. The molecule has 2 N–H and O–H groups in total. The Hall–Kier alpha value is -2.04. The number of nitrogens with zero attached hydrogens (tertiary/aromatic N) is 1. The van der Waals surface area contributed by atoms with Gasteiger partial charge >= 0.3 is 6.03 Å². The number of hydrogen-bond donors (Lipinski definition) is 2. The van der Waals surface area contributed by atoms with E-state index in [2.05, 4.69) is 5.32 Å². The summed E-state index contributed by atoms with van der Waals surface area (Å²) < 4.78 is 0. The molecule has 1 aliphatic rings. The monoisotopic (exact) mass is 344 g/mol. The largest absolute Gasteiger partial charge is 0.394 e. The molecule has 0 aromatic heterocycles. The molecule has 0 spiro atoms. The van der Waals surface area contributed by atoms with Crippen LogP contribution in [0.3, 0.4) is 0 Å². The lowest BCUT2D eigenvalue weighted by atomic mass is 10.0. The van der Waals surface area contributed by atoms with Gasteiger partial charge in [0.2, 0.25) is 0 Å². The van der Waals surface area contributed by atoms with Crippen LogP contribution in [0, 0.1) is 6.92 Å². The van der Waals surface area contributed by atoms with Gasteiger partial charge in [0.1, 0.15) is 0 Å². The minimum absolute atomic E-state index is 0.0140. The number of halogens is 1. The van der Waals surface area contributed by atoms with Crippen molar-refractivity contribution in [1.29, 1.82) is 0 Å². The smallest absolute Gasteiger partial charge is 0.322 e. The number of hydrogen-bond acceptors (Lipinski definition) is 2. The Bertz CT molecular complexity index is 748. The maximum Gasteiger partial charge on any atom is 0.322 e. The molecule has 0 saturated carbocycles. The lowest BCUT2D eigenvalue weighted by Gasteiger charge is -2.24. The van der Waals surface area contributed by atoms with E-state index >= 15 is 0 Å². The molecule has 1 heterocycles. The van der Waals surface area contributed by atoms with E-state index in [9.17, 15) is 9.90 Å². The zero-order chi connectivity index (χ0) is 17.1. The Labute approximate surface area is 147 Å². The minimum atomic E-state index is -0.148. The molecule has 1 fully saturated rings. The van der Waals surface area contributed by atoms with Crippen molar-refractivity contribution in [3.05, 3.63) is 53.1 Å². The maximum atomic E-state index is 12.4. The van der Waals surface area contributed by atoms with Crippen LogP contribution in [-0.2, 0) is 0 Å². The molecule has 3 rings (SSSR count). The number of rotatable bonds is 3. The van der Waals surface area contributed by atoms with E-state index in [1.165, 1.54) is 0 Å². The van der Waals surface area contributed by atoms with Crippen molar-refractivity contribution in [1.82, 2.24) is 4.90 Å². The highest BCUT2D eigenvalue weighted by Crippen LogP contribution is 2.27. The number of aryl methyl sites for hydroxylation is 1. The van der Waals surface area contributed by atoms with Gasteiger partial charge in [0, 0.05) is 17.3 Å². The number of anilines is 1. The van der Waals surface area contributed by atoms with E-state index in [0.717, 1.165) is 35.2 Å². The van der Waals surface area contributed by atoms with Crippen LogP contribution in [0.1, 0.15) is 18.4 Å². The first kappa shape index (κ1) is 16.8. The molecule has 0 unspecified atom stereocenters. The van der Waals surface area contributed by atoms with Crippen molar-refractivity contribution in [2.24, 2.45) is 0 Å². The summed E-state index contributed by atoms with van der Waals surface area (Å²) in [4.78, 5) is 14.1. The van der Waals surface area contributed by atoms with Crippen molar-refractivity contribution in [2.75, 3.05) is 18.5 Å². The van der Waals surface area contributed by atoms with Gasteiger partial charge in [-0.2, -0.15) is 0 Å². The van der Waals surface area contributed by atoms with E-state index < -0.39 is 0 Å². The van der Waals surface area contributed by atoms with Crippen molar-refractivity contribution < 1.29 is 9.90 Å². The molecule has 24 heavy (non-hydrogen) atoms. The number of aliphatic hydroxyl groups is 1. The van der Waals surface area contributed by atoms with Crippen LogP contribution in [0.4, 0.5) is 10.5 Å². The predicted octanol–water partition coefficient (Wildman–Crippen LogP) is 4.30. The van der Waals surface area contributed by atoms with Gasteiger partial charge < -0.3 is 15.3 Å². The van der Waals surface area contributed by atoms with Crippen LogP contribution in [0.25, 0.3) is 11.1 Å². The van der Waals surface area contributed by atoms with Crippen LogP contribution >= 0.6 is 11.6 Å². The van der Waals surface area contributed by atoms with Gasteiger partial charge in [0.25, 0.3) is 0 Å². The summed E-state index contributed by atoms with van der Waals surface area (Å²) in [5.74, 6) is 0. The second-order valence-corrected chi connectivity index (χ2v) is 6.58. The van der Waals surface area contributed by atoms with Crippen LogP contribution < -0.4 is 5.32 Å². The molecule has 0 aliphatic carbocycles. The molecule has 1 saturated heterocycles. The Morgan fingerprint density at radius 3 is 2.79 bits per heavy atom. The zero-order valence-corrected chi connectivity index (χ0v) is 14.4.